The Morgan fingerprint density at radius 1 is 1.22 bits per heavy atom. The number of benzene rings is 1. The average Bonchev–Trinajstić information content (AvgIpc) is 3.18. The van der Waals surface area contributed by atoms with Gasteiger partial charge in [0.25, 0.3) is 0 Å². The van der Waals surface area contributed by atoms with Gasteiger partial charge in [-0.25, -0.2) is 4.98 Å². The highest BCUT2D eigenvalue weighted by molar-refractivity contribution is 5.80. The molecule has 0 bridgehead atoms. The lowest BCUT2D eigenvalue weighted by Gasteiger charge is -2.21. The van der Waals surface area contributed by atoms with Crippen molar-refractivity contribution >= 4 is 5.96 Å². The SMILES string of the molecule is CN=C(NCc1ccc(OC)nc1)N1CCC(COCc2ccccc2)C1. The number of ether oxygens (including phenoxy) is 2. The molecule has 3 rings (SSSR count). The summed E-state index contributed by atoms with van der Waals surface area (Å²) in [6, 6.07) is 14.2. The van der Waals surface area contributed by atoms with E-state index in [2.05, 4.69) is 32.3 Å². The molecule has 1 fully saturated rings. The van der Waals surface area contributed by atoms with Crippen LogP contribution in [-0.2, 0) is 17.9 Å². The van der Waals surface area contributed by atoms with Gasteiger partial charge in [-0.1, -0.05) is 36.4 Å². The lowest BCUT2D eigenvalue weighted by molar-refractivity contribution is 0.0906. The first-order valence-electron chi connectivity index (χ1n) is 9.34. The van der Waals surface area contributed by atoms with Crippen LogP contribution in [0.4, 0.5) is 0 Å². The molecule has 1 aromatic carbocycles. The van der Waals surface area contributed by atoms with Crippen LogP contribution in [0.1, 0.15) is 17.5 Å². The van der Waals surface area contributed by atoms with Crippen LogP contribution >= 0.6 is 0 Å². The Bertz CT molecular complexity index is 719. The van der Waals surface area contributed by atoms with Crippen molar-refractivity contribution in [2.24, 2.45) is 10.9 Å². The zero-order valence-electron chi connectivity index (χ0n) is 16.1. The fraction of sp³-hybridized carbons (Fsp3) is 0.429. The highest BCUT2D eigenvalue weighted by Crippen LogP contribution is 2.17. The van der Waals surface area contributed by atoms with E-state index in [1.807, 2.05) is 43.6 Å². The van der Waals surface area contributed by atoms with Gasteiger partial charge in [0, 0.05) is 44.9 Å². The minimum atomic E-state index is 0.537. The van der Waals surface area contributed by atoms with E-state index in [0.717, 1.165) is 37.6 Å². The van der Waals surface area contributed by atoms with Crippen molar-refractivity contribution in [1.29, 1.82) is 0 Å². The van der Waals surface area contributed by atoms with Crippen LogP contribution in [-0.4, -0.2) is 49.7 Å². The van der Waals surface area contributed by atoms with Gasteiger partial charge in [0.1, 0.15) is 0 Å². The average molecular weight is 368 g/mol. The monoisotopic (exact) mass is 368 g/mol. The summed E-state index contributed by atoms with van der Waals surface area (Å²) in [5.41, 5.74) is 2.32. The Morgan fingerprint density at radius 3 is 2.78 bits per heavy atom. The molecule has 144 valence electrons. The Balaban J connectivity index is 1.41. The molecule has 2 heterocycles. The summed E-state index contributed by atoms with van der Waals surface area (Å²) in [5.74, 6) is 2.09. The van der Waals surface area contributed by atoms with Crippen molar-refractivity contribution < 1.29 is 9.47 Å². The van der Waals surface area contributed by atoms with E-state index in [4.69, 9.17) is 9.47 Å². The molecule has 0 spiro atoms. The van der Waals surface area contributed by atoms with Gasteiger partial charge in [0.05, 0.1) is 20.3 Å². The summed E-state index contributed by atoms with van der Waals surface area (Å²) < 4.78 is 11.0. The number of hydrogen-bond donors (Lipinski definition) is 1. The van der Waals surface area contributed by atoms with Crippen molar-refractivity contribution in [3.8, 4) is 5.88 Å². The summed E-state index contributed by atoms with van der Waals surface area (Å²) in [4.78, 5) is 11.0. The molecule has 1 saturated heterocycles. The minimum Gasteiger partial charge on any atom is -0.481 e. The summed E-state index contributed by atoms with van der Waals surface area (Å²) in [6.07, 6.45) is 2.95. The molecule has 2 aromatic rings. The van der Waals surface area contributed by atoms with E-state index >= 15 is 0 Å². The van der Waals surface area contributed by atoms with Crippen molar-refractivity contribution in [2.45, 2.75) is 19.6 Å². The molecular weight excluding hydrogens is 340 g/mol. The fourth-order valence-corrected chi connectivity index (χ4v) is 3.23. The molecule has 27 heavy (non-hydrogen) atoms. The third-order valence-electron chi connectivity index (χ3n) is 4.72. The summed E-state index contributed by atoms with van der Waals surface area (Å²) in [7, 11) is 3.45. The van der Waals surface area contributed by atoms with Gasteiger partial charge in [-0.05, 0) is 17.5 Å². The van der Waals surface area contributed by atoms with Gasteiger partial charge in [-0.15, -0.1) is 0 Å². The van der Waals surface area contributed by atoms with Gasteiger partial charge in [0.15, 0.2) is 5.96 Å². The van der Waals surface area contributed by atoms with Crippen molar-refractivity contribution in [3.05, 3.63) is 59.8 Å². The van der Waals surface area contributed by atoms with E-state index in [0.29, 0.717) is 24.9 Å². The molecule has 1 aliphatic heterocycles. The van der Waals surface area contributed by atoms with Crippen LogP contribution in [0.15, 0.2) is 53.7 Å². The number of hydrogen-bond acceptors (Lipinski definition) is 4. The summed E-state index contributed by atoms with van der Waals surface area (Å²) in [6.45, 7) is 4.12. The lowest BCUT2D eigenvalue weighted by atomic mass is 10.1. The molecule has 1 atom stereocenters. The maximum atomic E-state index is 5.91. The zero-order valence-corrected chi connectivity index (χ0v) is 16.1. The first kappa shape index (κ1) is 19.2. The highest BCUT2D eigenvalue weighted by Gasteiger charge is 2.24. The molecule has 1 unspecified atom stereocenters. The number of aliphatic imine (C=N–C) groups is 1. The van der Waals surface area contributed by atoms with Gasteiger partial charge in [-0.3, -0.25) is 4.99 Å². The highest BCUT2D eigenvalue weighted by atomic mass is 16.5. The second kappa shape index (κ2) is 9.92. The van der Waals surface area contributed by atoms with Crippen molar-refractivity contribution in [1.82, 2.24) is 15.2 Å². The molecule has 1 aromatic heterocycles. The number of nitrogens with one attached hydrogen (secondary N) is 1. The molecule has 0 aliphatic carbocycles. The lowest BCUT2D eigenvalue weighted by Crippen LogP contribution is -2.39. The number of likely N-dealkylation sites (tertiary alicyclic amines) is 1. The third kappa shape index (κ3) is 5.69. The second-order valence-corrected chi connectivity index (χ2v) is 6.71. The second-order valence-electron chi connectivity index (χ2n) is 6.71. The number of aromatic nitrogens is 1. The fourth-order valence-electron chi connectivity index (χ4n) is 3.23. The predicted molar refractivity (Wildman–Crippen MR) is 107 cm³/mol. The Labute approximate surface area is 161 Å². The van der Waals surface area contributed by atoms with Gasteiger partial charge < -0.3 is 19.7 Å². The number of nitrogens with zero attached hydrogens (tertiary/aromatic N) is 3. The molecule has 1 aliphatic rings. The number of methoxy groups -OCH3 is 1. The predicted octanol–water partition coefficient (Wildman–Crippen LogP) is 2.70. The minimum absolute atomic E-state index is 0.537. The number of pyridine rings is 1. The van der Waals surface area contributed by atoms with Crippen LogP contribution in [0.2, 0.25) is 0 Å². The first-order chi connectivity index (χ1) is 13.3. The van der Waals surface area contributed by atoms with Crippen LogP contribution in [0.5, 0.6) is 5.88 Å². The Morgan fingerprint density at radius 2 is 2.07 bits per heavy atom. The van der Waals surface area contributed by atoms with Crippen LogP contribution in [0, 0.1) is 5.92 Å². The molecule has 1 N–H and O–H groups in total. The molecule has 0 radical (unpaired) electrons. The molecule has 0 amide bonds. The van der Waals surface area contributed by atoms with E-state index in [9.17, 15) is 0 Å². The summed E-state index contributed by atoms with van der Waals surface area (Å²) >= 11 is 0. The summed E-state index contributed by atoms with van der Waals surface area (Å²) in [5, 5.41) is 3.42. The topological polar surface area (TPSA) is 59.0 Å². The molecule has 0 saturated carbocycles. The third-order valence-corrected chi connectivity index (χ3v) is 4.72. The number of guanidine groups is 1. The van der Waals surface area contributed by atoms with E-state index in [-0.39, 0.29) is 0 Å². The maximum Gasteiger partial charge on any atom is 0.212 e. The van der Waals surface area contributed by atoms with Gasteiger partial charge in [0.2, 0.25) is 5.88 Å². The van der Waals surface area contributed by atoms with E-state index in [1.165, 1.54) is 5.56 Å². The van der Waals surface area contributed by atoms with Crippen LogP contribution < -0.4 is 10.1 Å². The van der Waals surface area contributed by atoms with Crippen molar-refractivity contribution in [2.75, 3.05) is 33.9 Å². The quantitative estimate of drug-likeness (QED) is 0.601. The molecule has 6 nitrogen and oxygen atoms in total. The standard InChI is InChI=1S/C21H28N4O2/c1-22-21(24-13-18-8-9-20(26-2)23-12-18)25-11-10-19(14-25)16-27-15-17-6-4-3-5-7-17/h3-9,12,19H,10-11,13-16H2,1-2H3,(H,22,24). The van der Waals surface area contributed by atoms with Gasteiger partial charge in [-0.2, -0.15) is 0 Å². The smallest absolute Gasteiger partial charge is 0.212 e. The Hall–Kier alpha value is -2.60. The Kier molecular flexibility index (Phi) is 7.04. The number of rotatable bonds is 7. The molecular formula is C21H28N4O2. The first-order valence-corrected chi connectivity index (χ1v) is 9.34. The van der Waals surface area contributed by atoms with Crippen molar-refractivity contribution in [3.63, 3.8) is 0 Å². The zero-order chi connectivity index (χ0) is 18.9. The largest absolute Gasteiger partial charge is 0.481 e. The van der Waals surface area contributed by atoms with Crippen LogP contribution in [0.25, 0.3) is 0 Å². The molecule has 6 heteroatoms. The van der Waals surface area contributed by atoms with Crippen LogP contribution in [0.3, 0.4) is 0 Å². The van der Waals surface area contributed by atoms with E-state index < -0.39 is 0 Å². The van der Waals surface area contributed by atoms with E-state index in [1.54, 1.807) is 7.11 Å². The van der Waals surface area contributed by atoms with Gasteiger partial charge >= 0.3 is 0 Å². The normalized spacial score (nSPS) is 17.2. The maximum absolute atomic E-state index is 5.91.